The molecule has 0 atom stereocenters. The van der Waals surface area contributed by atoms with E-state index < -0.39 is 5.24 Å². The van der Waals surface area contributed by atoms with Crippen molar-refractivity contribution in [3.63, 3.8) is 0 Å². The van der Waals surface area contributed by atoms with Crippen LogP contribution >= 0.6 is 11.6 Å². The van der Waals surface area contributed by atoms with Crippen molar-refractivity contribution < 1.29 is 9.21 Å². The van der Waals surface area contributed by atoms with E-state index in [1.807, 2.05) is 19.1 Å². The van der Waals surface area contributed by atoms with Crippen LogP contribution in [0.2, 0.25) is 0 Å². The van der Waals surface area contributed by atoms with Gasteiger partial charge in [-0.3, -0.25) is 4.79 Å². The van der Waals surface area contributed by atoms with Gasteiger partial charge in [-0.05, 0) is 36.7 Å². The fourth-order valence-corrected chi connectivity index (χ4v) is 1.40. The van der Waals surface area contributed by atoms with Gasteiger partial charge in [0.15, 0.2) is 0 Å². The van der Waals surface area contributed by atoms with Crippen molar-refractivity contribution in [2.45, 2.75) is 6.92 Å². The van der Waals surface area contributed by atoms with E-state index in [2.05, 4.69) is 0 Å². The van der Waals surface area contributed by atoms with Gasteiger partial charge in [0.2, 0.25) is 0 Å². The van der Waals surface area contributed by atoms with E-state index in [9.17, 15) is 4.79 Å². The molecule has 0 amide bonds. The second kappa shape index (κ2) is 2.89. The van der Waals surface area contributed by atoms with Crippen molar-refractivity contribution in [1.82, 2.24) is 0 Å². The monoisotopic (exact) mass is 194 g/mol. The van der Waals surface area contributed by atoms with Crippen LogP contribution in [0.5, 0.6) is 0 Å². The van der Waals surface area contributed by atoms with Crippen molar-refractivity contribution >= 4 is 27.8 Å². The van der Waals surface area contributed by atoms with Gasteiger partial charge in [0.1, 0.15) is 11.3 Å². The van der Waals surface area contributed by atoms with Crippen LogP contribution in [0.4, 0.5) is 0 Å². The van der Waals surface area contributed by atoms with Crippen molar-refractivity contribution in [3.8, 4) is 0 Å². The van der Waals surface area contributed by atoms with Gasteiger partial charge < -0.3 is 4.42 Å². The minimum Gasteiger partial charge on any atom is -0.461 e. The Labute approximate surface area is 80.1 Å². The Morgan fingerprint density at radius 2 is 2.15 bits per heavy atom. The van der Waals surface area contributed by atoms with E-state index in [1.54, 1.807) is 12.1 Å². The average molecular weight is 195 g/mol. The second-order valence-corrected chi connectivity index (χ2v) is 3.23. The summed E-state index contributed by atoms with van der Waals surface area (Å²) in [5.41, 5.74) is 1.16. The van der Waals surface area contributed by atoms with Gasteiger partial charge in [-0.25, -0.2) is 0 Å². The van der Waals surface area contributed by atoms with Crippen LogP contribution in [0, 0.1) is 6.92 Å². The number of hydrogen-bond acceptors (Lipinski definition) is 2. The lowest BCUT2D eigenvalue weighted by atomic mass is 10.2. The van der Waals surface area contributed by atoms with Crippen LogP contribution in [0.25, 0.3) is 11.0 Å². The van der Waals surface area contributed by atoms with Gasteiger partial charge in [-0.15, -0.1) is 0 Å². The zero-order valence-electron chi connectivity index (χ0n) is 7.00. The molecule has 0 bridgehead atoms. The van der Waals surface area contributed by atoms with E-state index in [1.165, 1.54) is 0 Å². The second-order valence-electron chi connectivity index (χ2n) is 2.88. The zero-order chi connectivity index (χ0) is 9.42. The van der Waals surface area contributed by atoms with Crippen LogP contribution in [-0.2, 0) is 0 Å². The highest BCUT2D eigenvalue weighted by Gasteiger charge is 2.05. The molecule has 0 aliphatic heterocycles. The van der Waals surface area contributed by atoms with E-state index >= 15 is 0 Å². The Kier molecular flexibility index (Phi) is 1.85. The molecule has 0 fully saturated rings. The van der Waals surface area contributed by atoms with Gasteiger partial charge in [0.25, 0.3) is 5.24 Å². The Morgan fingerprint density at radius 3 is 2.85 bits per heavy atom. The molecule has 1 heterocycles. The molecule has 0 unspecified atom stereocenters. The number of aryl methyl sites for hydroxylation is 1. The first kappa shape index (κ1) is 8.32. The van der Waals surface area contributed by atoms with E-state index in [0.717, 1.165) is 11.1 Å². The van der Waals surface area contributed by atoms with Gasteiger partial charge in [0.05, 0.1) is 0 Å². The maximum atomic E-state index is 10.8. The number of rotatable bonds is 1. The maximum absolute atomic E-state index is 10.8. The molecule has 1 aromatic carbocycles. The van der Waals surface area contributed by atoms with Crippen molar-refractivity contribution in [1.29, 1.82) is 0 Å². The highest BCUT2D eigenvalue weighted by atomic mass is 35.5. The van der Waals surface area contributed by atoms with Crippen molar-refractivity contribution in [3.05, 3.63) is 35.6 Å². The summed E-state index contributed by atoms with van der Waals surface area (Å²) in [5.74, 6) is 0.828. The Morgan fingerprint density at radius 1 is 1.38 bits per heavy atom. The fourth-order valence-electron chi connectivity index (χ4n) is 1.29. The third kappa shape index (κ3) is 1.45. The summed E-state index contributed by atoms with van der Waals surface area (Å²) < 4.78 is 5.35. The molecule has 0 aliphatic rings. The molecule has 0 radical (unpaired) electrons. The highest BCUT2D eigenvalue weighted by Crippen LogP contribution is 2.20. The molecule has 13 heavy (non-hydrogen) atoms. The third-order valence-electron chi connectivity index (χ3n) is 1.87. The number of furan rings is 1. The summed E-state index contributed by atoms with van der Waals surface area (Å²) in [6, 6.07) is 7.07. The fraction of sp³-hybridized carbons (Fsp3) is 0.100. The molecule has 0 aliphatic carbocycles. The Bertz CT molecular complexity index is 471. The van der Waals surface area contributed by atoms with Crippen molar-refractivity contribution in [2.75, 3.05) is 0 Å². The molecular formula is C10H7ClO2. The Balaban J connectivity index is 2.67. The molecular weight excluding hydrogens is 188 g/mol. The van der Waals surface area contributed by atoms with Crippen molar-refractivity contribution in [2.24, 2.45) is 0 Å². The average Bonchev–Trinajstić information content (AvgIpc) is 2.42. The van der Waals surface area contributed by atoms with Crippen LogP contribution in [0.1, 0.15) is 16.1 Å². The lowest BCUT2D eigenvalue weighted by Crippen LogP contribution is -1.86. The first-order valence-electron chi connectivity index (χ1n) is 3.87. The minimum atomic E-state index is -0.462. The molecule has 2 rings (SSSR count). The summed E-state index contributed by atoms with van der Waals surface area (Å²) in [4.78, 5) is 10.8. The van der Waals surface area contributed by atoms with Crippen LogP contribution < -0.4 is 0 Å². The van der Waals surface area contributed by atoms with E-state index in [0.29, 0.717) is 11.1 Å². The number of benzene rings is 1. The predicted octanol–water partition coefficient (Wildman–Crippen LogP) is 3.12. The summed E-state index contributed by atoms with van der Waals surface area (Å²) in [5, 5.41) is 0.523. The van der Waals surface area contributed by atoms with Gasteiger partial charge in [0, 0.05) is 10.9 Å². The summed E-state index contributed by atoms with van der Waals surface area (Å²) in [6.07, 6.45) is 0. The normalized spacial score (nSPS) is 10.6. The standard InChI is InChI=1S/C10H7ClO2/c1-6-4-7-2-3-8(10(11)12)5-9(7)13-6/h2-5H,1H3. The molecule has 2 nitrogen and oxygen atoms in total. The number of carbonyl (C=O) groups excluding carboxylic acids is 1. The molecule has 66 valence electrons. The maximum Gasteiger partial charge on any atom is 0.252 e. The van der Waals surface area contributed by atoms with E-state index in [-0.39, 0.29) is 0 Å². The number of halogens is 1. The molecule has 0 N–H and O–H groups in total. The molecule has 0 saturated heterocycles. The molecule has 3 heteroatoms. The first-order valence-corrected chi connectivity index (χ1v) is 4.24. The zero-order valence-corrected chi connectivity index (χ0v) is 7.76. The SMILES string of the molecule is Cc1cc2ccc(C(=O)Cl)cc2o1. The lowest BCUT2D eigenvalue weighted by molar-refractivity contribution is 0.108. The number of fused-ring (bicyclic) bond motifs is 1. The van der Waals surface area contributed by atoms with E-state index in [4.69, 9.17) is 16.0 Å². The Hall–Kier alpha value is -1.28. The largest absolute Gasteiger partial charge is 0.461 e. The number of hydrogen-bond donors (Lipinski definition) is 0. The third-order valence-corrected chi connectivity index (χ3v) is 2.09. The lowest BCUT2D eigenvalue weighted by Gasteiger charge is -1.91. The summed E-state index contributed by atoms with van der Waals surface area (Å²) >= 11 is 5.33. The minimum absolute atomic E-state index is 0.462. The summed E-state index contributed by atoms with van der Waals surface area (Å²) in [6.45, 7) is 1.86. The van der Waals surface area contributed by atoms with Gasteiger partial charge in [-0.2, -0.15) is 0 Å². The molecule has 0 spiro atoms. The predicted molar refractivity (Wildman–Crippen MR) is 51.1 cm³/mol. The van der Waals surface area contributed by atoms with Crippen LogP contribution in [0.3, 0.4) is 0 Å². The van der Waals surface area contributed by atoms with Gasteiger partial charge >= 0.3 is 0 Å². The van der Waals surface area contributed by atoms with Gasteiger partial charge in [-0.1, -0.05) is 6.07 Å². The summed E-state index contributed by atoms with van der Waals surface area (Å²) in [7, 11) is 0. The molecule has 2 aromatic rings. The van der Waals surface area contributed by atoms with Crippen LogP contribution in [-0.4, -0.2) is 5.24 Å². The molecule has 1 aromatic heterocycles. The van der Waals surface area contributed by atoms with Crippen LogP contribution in [0.15, 0.2) is 28.7 Å². The molecule has 0 saturated carbocycles. The quantitative estimate of drug-likeness (QED) is 0.653. The number of carbonyl (C=O) groups is 1. The smallest absolute Gasteiger partial charge is 0.252 e. The first-order chi connectivity index (χ1) is 6.16. The highest BCUT2D eigenvalue weighted by molar-refractivity contribution is 6.67. The topological polar surface area (TPSA) is 30.2 Å².